The Morgan fingerprint density at radius 2 is 1.97 bits per heavy atom. The van der Waals surface area contributed by atoms with Crippen LogP contribution >= 0.6 is 0 Å². The van der Waals surface area contributed by atoms with Crippen LogP contribution in [0.5, 0.6) is 5.75 Å². The molecule has 1 aromatic heterocycles. The van der Waals surface area contributed by atoms with Crippen molar-refractivity contribution < 1.29 is 9.57 Å². The second-order valence-electron chi connectivity index (χ2n) is 8.49. The number of hydrogen-bond donors (Lipinski definition) is 2. The Kier molecular flexibility index (Phi) is 5.47. The molecule has 1 saturated carbocycles. The Balaban J connectivity index is 1.77. The van der Waals surface area contributed by atoms with E-state index < -0.39 is 5.41 Å². The fourth-order valence-corrected chi connectivity index (χ4v) is 4.39. The van der Waals surface area contributed by atoms with Gasteiger partial charge >= 0.3 is 0 Å². The minimum absolute atomic E-state index is 0.183. The standard InChI is InChI=1S/C23H29N5O2/c1-4-11-29-28-21-18-12-16(30-15-7-5-14(24)6-8-15)9-10-17(18)20-19(23(21,2)3)22(25)27-13-26-20/h4,9-10,12-15H,1,5-8,11,24H2,2-3H3,(H2,25,26,27)/b28-21+/t14-,15-. The fraction of sp³-hybridized carbons (Fsp3) is 0.435. The predicted molar refractivity (Wildman–Crippen MR) is 118 cm³/mol. The van der Waals surface area contributed by atoms with Crippen LogP contribution in [0.4, 0.5) is 5.82 Å². The van der Waals surface area contributed by atoms with Crippen molar-refractivity contribution in [3.05, 3.63) is 48.3 Å². The largest absolute Gasteiger partial charge is 0.490 e. The first kappa shape index (κ1) is 20.3. The lowest BCUT2D eigenvalue weighted by Gasteiger charge is -2.35. The highest BCUT2D eigenvalue weighted by molar-refractivity contribution is 6.15. The molecule has 0 radical (unpaired) electrons. The molecule has 0 unspecified atom stereocenters. The van der Waals surface area contributed by atoms with E-state index in [2.05, 4.69) is 35.6 Å². The van der Waals surface area contributed by atoms with Crippen LogP contribution in [0.2, 0.25) is 0 Å². The van der Waals surface area contributed by atoms with Crippen molar-refractivity contribution >= 4 is 11.5 Å². The van der Waals surface area contributed by atoms with Crippen LogP contribution in [0.1, 0.15) is 50.7 Å². The molecular weight excluding hydrogens is 378 g/mol. The molecule has 4 N–H and O–H groups in total. The van der Waals surface area contributed by atoms with Gasteiger partial charge in [-0.15, -0.1) is 0 Å². The zero-order valence-electron chi connectivity index (χ0n) is 17.6. The van der Waals surface area contributed by atoms with Crippen LogP contribution in [0.25, 0.3) is 11.3 Å². The molecule has 4 rings (SSSR count). The van der Waals surface area contributed by atoms with E-state index in [1.807, 2.05) is 18.2 Å². The van der Waals surface area contributed by atoms with Crippen molar-refractivity contribution in [2.45, 2.75) is 57.1 Å². The molecule has 30 heavy (non-hydrogen) atoms. The third-order valence-corrected chi connectivity index (χ3v) is 5.96. The maximum atomic E-state index is 6.30. The summed E-state index contributed by atoms with van der Waals surface area (Å²) in [5.41, 5.74) is 16.1. The first-order valence-corrected chi connectivity index (χ1v) is 10.4. The molecule has 0 saturated heterocycles. The number of nitrogens with two attached hydrogens (primary N) is 2. The summed E-state index contributed by atoms with van der Waals surface area (Å²) in [4.78, 5) is 14.3. The zero-order valence-corrected chi connectivity index (χ0v) is 17.6. The van der Waals surface area contributed by atoms with Crippen molar-refractivity contribution in [3.8, 4) is 17.0 Å². The molecule has 0 spiro atoms. The number of nitrogen functional groups attached to an aromatic ring is 1. The molecule has 0 aliphatic heterocycles. The lowest BCUT2D eigenvalue weighted by molar-refractivity contribution is 0.147. The van der Waals surface area contributed by atoms with Gasteiger partial charge in [-0.25, -0.2) is 9.97 Å². The summed E-state index contributed by atoms with van der Waals surface area (Å²) in [6, 6.07) is 6.32. The van der Waals surface area contributed by atoms with Crippen molar-refractivity contribution in [3.63, 3.8) is 0 Å². The summed E-state index contributed by atoms with van der Waals surface area (Å²) in [7, 11) is 0. The Bertz CT molecular complexity index is 978. The van der Waals surface area contributed by atoms with E-state index >= 15 is 0 Å². The predicted octanol–water partition coefficient (Wildman–Crippen LogP) is 3.57. The van der Waals surface area contributed by atoms with Gasteiger partial charge in [-0.3, -0.25) is 0 Å². The highest BCUT2D eigenvalue weighted by Gasteiger charge is 2.41. The summed E-state index contributed by atoms with van der Waals surface area (Å²) >= 11 is 0. The molecule has 2 aromatic rings. The Labute approximate surface area is 177 Å². The Morgan fingerprint density at radius 1 is 1.20 bits per heavy atom. The minimum Gasteiger partial charge on any atom is -0.490 e. The smallest absolute Gasteiger partial charge is 0.135 e. The lowest BCUT2D eigenvalue weighted by Crippen LogP contribution is -2.36. The normalized spacial score (nSPS) is 23.4. The summed E-state index contributed by atoms with van der Waals surface area (Å²) in [6.45, 7) is 8.13. The average molecular weight is 408 g/mol. The highest BCUT2D eigenvalue weighted by Crippen LogP contribution is 2.45. The van der Waals surface area contributed by atoms with E-state index in [-0.39, 0.29) is 12.1 Å². The average Bonchev–Trinajstić information content (AvgIpc) is 2.72. The quantitative estimate of drug-likeness (QED) is 0.445. The SMILES string of the molecule is C=CCO/N=C1\c2cc(O[C@H]3CC[C@H](N)CC3)ccc2-c2ncnc(N)c2C1(C)C. The van der Waals surface area contributed by atoms with E-state index in [1.165, 1.54) is 6.33 Å². The van der Waals surface area contributed by atoms with Gasteiger partial charge in [0.1, 0.15) is 24.5 Å². The summed E-state index contributed by atoms with van der Waals surface area (Å²) in [5.74, 6) is 1.26. The lowest BCUT2D eigenvalue weighted by atomic mass is 9.70. The van der Waals surface area contributed by atoms with E-state index in [0.717, 1.165) is 59.5 Å². The number of anilines is 1. The molecular formula is C23H29N5O2. The van der Waals surface area contributed by atoms with Gasteiger partial charge in [0.2, 0.25) is 0 Å². The molecule has 1 heterocycles. The van der Waals surface area contributed by atoms with Gasteiger partial charge in [-0.2, -0.15) is 0 Å². The summed E-state index contributed by atoms with van der Waals surface area (Å²) < 4.78 is 6.30. The van der Waals surface area contributed by atoms with Crippen LogP contribution in [-0.2, 0) is 10.3 Å². The topological polar surface area (TPSA) is 109 Å². The number of nitrogens with zero attached hydrogens (tertiary/aromatic N) is 3. The van der Waals surface area contributed by atoms with Crippen LogP contribution in [0, 0.1) is 0 Å². The molecule has 2 aliphatic rings. The monoisotopic (exact) mass is 407 g/mol. The van der Waals surface area contributed by atoms with Crippen LogP contribution in [0.3, 0.4) is 0 Å². The molecule has 7 heteroatoms. The molecule has 158 valence electrons. The number of rotatable bonds is 5. The van der Waals surface area contributed by atoms with E-state index in [0.29, 0.717) is 12.4 Å². The fourth-order valence-electron chi connectivity index (χ4n) is 4.39. The second-order valence-corrected chi connectivity index (χ2v) is 8.49. The minimum atomic E-state index is -0.537. The van der Waals surface area contributed by atoms with Crippen molar-refractivity contribution in [1.29, 1.82) is 0 Å². The number of hydrogen-bond acceptors (Lipinski definition) is 7. The van der Waals surface area contributed by atoms with E-state index in [9.17, 15) is 0 Å². The van der Waals surface area contributed by atoms with Gasteiger partial charge in [-0.1, -0.05) is 17.8 Å². The van der Waals surface area contributed by atoms with Crippen molar-refractivity contribution in [2.24, 2.45) is 10.9 Å². The third-order valence-electron chi connectivity index (χ3n) is 5.96. The van der Waals surface area contributed by atoms with Gasteiger partial charge in [0.15, 0.2) is 0 Å². The number of ether oxygens (including phenoxy) is 1. The van der Waals surface area contributed by atoms with Crippen LogP contribution < -0.4 is 16.2 Å². The maximum absolute atomic E-state index is 6.30. The highest BCUT2D eigenvalue weighted by atomic mass is 16.6. The van der Waals surface area contributed by atoms with Crippen LogP contribution in [0.15, 0.2) is 42.3 Å². The van der Waals surface area contributed by atoms with Gasteiger partial charge in [0, 0.05) is 28.1 Å². The van der Waals surface area contributed by atoms with Gasteiger partial charge in [0.25, 0.3) is 0 Å². The Hall–Kier alpha value is -2.93. The van der Waals surface area contributed by atoms with Crippen molar-refractivity contribution in [2.75, 3.05) is 12.3 Å². The zero-order chi connectivity index (χ0) is 21.3. The molecule has 7 nitrogen and oxygen atoms in total. The maximum Gasteiger partial charge on any atom is 0.135 e. The number of oxime groups is 1. The molecule has 0 amide bonds. The molecule has 0 bridgehead atoms. The number of benzene rings is 1. The Morgan fingerprint density at radius 3 is 2.70 bits per heavy atom. The van der Waals surface area contributed by atoms with Gasteiger partial charge in [0.05, 0.1) is 17.5 Å². The first-order chi connectivity index (χ1) is 14.4. The second kappa shape index (κ2) is 8.07. The van der Waals surface area contributed by atoms with Gasteiger partial charge in [-0.05, 0) is 57.7 Å². The molecule has 2 aliphatic carbocycles. The summed E-state index contributed by atoms with van der Waals surface area (Å²) in [5, 5.41) is 4.47. The molecule has 0 atom stereocenters. The number of fused-ring (bicyclic) bond motifs is 3. The summed E-state index contributed by atoms with van der Waals surface area (Å²) in [6.07, 6.45) is 7.28. The van der Waals surface area contributed by atoms with E-state index in [1.54, 1.807) is 6.08 Å². The molecule has 1 fully saturated rings. The molecule has 1 aromatic carbocycles. The van der Waals surface area contributed by atoms with E-state index in [4.69, 9.17) is 21.0 Å². The van der Waals surface area contributed by atoms with Gasteiger partial charge < -0.3 is 21.0 Å². The van der Waals surface area contributed by atoms with Crippen molar-refractivity contribution in [1.82, 2.24) is 9.97 Å². The first-order valence-electron chi connectivity index (χ1n) is 10.4. The van der Waals surface area contributed by atoms with Crippen LogP contribution in [-0.4, -0.2) is 34.4 Å². The number of aromatic nitrogens is 2. The third kappa shape index (κ3) is 3.65.